The van der Waals surface area contributed by atoms with Crippen LogP contribution in [-0.2, 0) is 9.53 Å². The van der Waals surface area contributed by atoms with Gasteiger partial charge < -0.3 is 15.0 Å². The van der Waals surface area contributed by atoms with Gasteiger partial charge in [-0.3, -0.25) is 4.79 Å². The van der Waals surface area contributed by atoms with Crippen LogP contribution in [0.1, 0.15) is 26.7 Å². The molecule has 1 aliphatic rings. The summed E-state index contributed by atoms with van der Waals surface area (Å²) in [5, 5.41) is 1.79. The minimum Gasteiger partial charge on any atom is -0.447 e. The van der Waals surface area contributed by atoms with Gasteiger partial charge in [-0.2, -0.15) is 13.2 Å². The van der Waals surface area contributed by atoms with Crippen LogP contribution in [0.3, 0.4) is 0 Å². The summed E-state index contributed by atoms with van der Waals surface area (Å²) in [6, 6.07) is -0.447. The first-order valence-electron chi connectivity index (χ1n) is 6.04. The van der Waals surface area contributed by atoms with Crippen molar-refractivity contribution in [3.63, 3.8) is 0 Å². The maximum absolute atomic E-state index is 12.0. The van der Waals surface area contributed by atoms with Crippen molar-refractivity contribution in [1.82, 2.24) is 10.2 Å². The standard InChI is InChI=1S/C11H17F3N2O3/c1-7(2)19-10(18)16-5-3-4-8(16)6-15-9(17)11(12,13)14/h7-8H,3-6H2,1-2H3,(H,15,17)/t8-/m0/s1. The van der Waals surface area contributed by atoms with Crippen molar-refractivity contribution in [3.05, 3.63) is 0 Å². The zero-order chi connectivity index (χ0) is 14.6. The van der Waals surface area contributed by atoms with Crippen LogP contribution < -0.4 is 5.32 Å². The van der Waals surface area contributed by atoms with E-state index in [-0.39, 0.29) is 12.6 Å². The van der Waals surface area contributed by atoms with Crippen LogP contribution >= 0.6 is 0 Å². The third-order valence-electron chi connectivity index (χ3n) is 2.70. The number of carbonyl (C=O) groups is 2. The average Bonchev–Trinajstić information content (AvgIpc) is 2.71. The Hall–Kier alpha value is -1.47. The molecule has 110 valence electrons. The third-order valence-corrected chi connectivity index (χ3v) is 2.70. The first-order chi connectivity index (χ1) is 8.71. The van der Waals surface area contributed by atoms with Crippen molar-refractivity contribution in [2.45, 2.75) is 45.0 Å². The fraction of sp³-hybridized carbons (Fsp3) is 0.818. The normalized spacial score (nSPS) is 19.7. The summed E-state index contributed by atoms with van der Waals surface area (Å²) < 4.78 is 41.1. The van der Waals surface area contributed by atoms with E-state index in [1.54, 1.807) is 19.2 Å². The van der Waals surface area contributed by atoms with Crippen molar-refractivity contribution in [3.8, 4) is 0 Å². The Bertz CT molecular complexity index is 345. The number of hydrogen-bond donors (Lipinski definition) is 1. The largest absolute Gasteiger partial charge is 0.471 e. The number of nitrogens with zero attached hydrogens (tertiary/aromatic N) is 1. The van der Waals surface area contributed by atoms with Crippen LogP contribution in [-0.4, -0.2) is 48.3 Å². The number of ether oxygens (including phenoxy) is 1. The van der Waals surface area contributed by atoms with Crippen molar-refractivity contribution in [2.24, 2.45) is 0 Å². The highest BCUT2D eigenvalue weighted by Gasteiger charge is 2.39. The first-order valence-corrected chi connectivity index (χ1v) is 6.04. The average molecular weight is 282 g/mol. The second-order valence-corrected chi connectivity index (χ2v) is 4.63. The molecule has 2 amide bonds. The number of halogens is 3. The van der Waals surface area contributed by atoms with Gasteiger partial charge in [-0.1, -0.05) is 0 Å². The number of amides is 2. The van der Waals surface area contributed by atoms with Gasteiger partial charge in [-0.25, -0.2) is 4.79 Å². The first kappa shape index (κ1) is 15.6. The molecule has 0 saturated carbocycles. The molecule has 1 atom stereocenters. The van der Waals surface area contributed by atoms with E-state index in [0.29, 0.717) is 19.4 Å². The molecule has 0 aromatic heterocycles. The summed E-state index contributed by atoms with van der Waals surface area (Å²) in [5.74, 6) is -1.99. The predicted molar refractivity (Wildman–Crippen MR) is 60.4 cm³/mol. The number of alkyl halides is 3. The molecule has 1 fully saturated rings. The SMILES string of the molecule is CC(C)OC(=O)N1CCC[C@H]1CNC(=O)C(F)(F)F. The fourth-order valence-electron chi connectivity index (χ4n) is 1.87. The van der Waals surface area contributed by atoms with Gasteiger partial charge in [0.05, 0.1) is 12.1 Å². The zero-order valence-corrected chi connectivity index (χ0v) is 10.8. The summed E-state index contributed by atoms with van der Waals surface area (Å²) in [6.45, 7) is 3.59. The van der Waals surface area contributed by atoms with Gasteiger partial charge >= 0.3 is 18.2 Å². The van der Waals surface area contributed by atoms with Gasteiger partial charge in [0, 0.05) is 13.1 Å². The molecular formula is C11H17F3N2O3. The Labute approximate surface area is 109 Å². The van der Waals surface area contributed by atoms with Crippen molar-refractivity contribution >= 4 is 12.0 Å². The molecule has 0 aliphatic carbocycles. The second kappa shape index (κ2) is 6.12. The Kier molecular flexibility index (Phi) is 5.02. The van der Waals surface area contributed by atoms with E-state index in [4.69, 9.17) is 4.74 Å². The van der Waals surface area contributed by atoms with Gasteiger partial charge in [0.15, 0.2) is 0 Å². The summed E-state index contributed by atoms with van der Waals surface area (Å²) in [4.78, 5) is 23.7. The topological polar surface area (TPSA) is 58.6 Å². The molecule has 1 saturated heterocycles. The van der Waals surface area contributed by atoms with Gasteiger partial charge in [0.25, 0.3) is 0 Å². The minimum atomic E-state index is -4.90. The molecule has 1 N–H and O–H groups in total. The minimum absolute atomic E-state index is 0.217. The number of hydrogen-bond acceptors (Lipinski definition) is 3. The number of rotatable bonds is 3. The second-order valence-electron chi connectivity index (χ2n) is 4.63. The lowest BCUT2D eigenvalue weighted by molar-refractivity contribution is -0.173. The Balaban J connectivity index is 2.49. The predicted octanol–water partition coefficient (Wildman–Crippen LogP) is 1.67. The van der Waals surface area contributed by atoms with Gasteiger partial charge in [-0.15, -0.1) is 0 Å². The number of nitrogens with one attached hydrogen (secondary N) is 1. The molecular weight excluding hydrogens is 265 g/mol. The molecule has 1 aliphatic heterocycles. The van der Waals surface area contributed by atoms with Crippen molar-refractivity contribution in [1.29, 1.82) is 0 Å². The van der Waals surface area contributed by atoms with Crippen molar-refractivity contribution in [2.75, 3.05) is 13.1 Å². The van der Waals surface area contributed by atoms with E-state index in [1.165, 1.54) is 4.90 Å². The third kappa shape index (κ3) is 4.60. The van der Waals surface area contributed by atoms with Crippen LogP contribution in [0.25, 0.3) is 0 Å². The number of likely N-dealkylation sites (tertiary alicyclic amines) is 1. The highest BCUT2D eigenvalue weighted by atomic mass is 19.4. The summed E-state index contributed by atoms with van der Waals surface area (Å²) in [7, 11) is 0. The number of carbonyl (C=O) groups excluding carboxylic acids is 2. The van der Waals surface area contributed by atoms with Crippen LogP contribution in [0, 0.1) is 0 Å². The Morgan fingerprint density at radius 3 is 2.58 bits per heavy atom. The van der Waals surface area contributed by atoms with Crippen LogP contribution in [0.2, 0.25) is 0 Å². The molecule has 0 spiro atoms. The summed E-state index contributed by atoms with van der Waals surface area (Å²) >= 11 is 0. The molecule has 0 bridgehead atoms. The fourth-order valence-corrected chi connectivity index (χ4v) is 1.87. The highest BCUT2D eigenvalue weighted by Crippen LogP contribution is 2.19. The van der Waals surface area contributed by atoms with Crippen LogP contribution in [0.4, 0.5) is 18.0 Å². The van der Waals surface area contributed by atoms with E-state index < -0.39 is 24.2 Å². The molecule has 0 unspecified atom stereocenters. The molecule has 5 nitrogen and oxygen atoms in total. The molecule has 1 heterocycles. The quantitative estimate of drug-likeness (QED) is 0.856. The smallest absolute Gasteiger partial charge is 0.447 e. The molecule has 0 radical (unpaired) electrons. The van der Waals surface area contributed by atoms with Crippen LogP contribution in [0.5, 0.6) is 0 Å². The maximum atomic E-state index is 12.0. The van der Waals surface area contributed by atoms with Gasteiger partial charge in [-0.05, 0) is 26.7 Å². The lowest BCUT2D eigenvalue weighted by Gasteiger charge is -2.25. The van der Waals surface area contributed by atoms with E-state index in [2.05, 4.69) is 0 Å². The zero-order valence-electron chi connectivity index (χ0n) is 10.8. The van der Waals surface area contributed by atoms with E-state index >= 15 is 0 Å². The summed E-state index contributed by atoms with van der Waals surface area (Å²) in [6.07, 6.45) is -4.52. The van der Waals surface area contributed by atoms with E-state index in [1.807, 2.05) is 0 Å². The van der Waals surface area contributed by atoms with Gasteiger partial charge in [0.2, 0.25) is 0 Å². The van der Waals surface area contributed by atoms with E-state index in [0.717, 1.165) is 0 Å². The molecule has 19 heavy (non-hydrogen) atoms. The molecule has 0 aromatic carbocycles. The lowest BCUT2D eigenvalue weighted by atomic mass is 10.2. The maximum Gasteiger partial charge on any atom is 0.471 e. The van der Waals surface area contributed by atoms with Crippen LogP contribution in [0.15, 0.2) is 0 Å². The molecule has 8 heteroatoms. The molecule has 0 aromatic rings. The Morgan fingerprint density at radius 1 is 1.42 bits per heavy atom. The van der Waals surface area contributed by atoms with Crippen molar-refractivity contribution < 1.29 is 27.5 Å². The van der Waals surface area contributed by atoms with E-state index in [9.17, 15) is 22.8 Å². The lowest BCUT2D eigenvalue weighted by Crippen LogP contribution is -2.46. The Morgan fingerprint density at radius 2 is 2.05 bits per heavy atom. The summed E-state index contributed by atoms with van der Waals surface area (Å²) in [5.41, 5.74) is 0. The van der Waals surface area contributed by atoms with Gasteiger partial charge in [0.1, 0.15) is 0 Å². The monoisotopic (exact) mass is 282 g/mol. The highest BCUT2D eigenvalue weighted by molar-refractivity contribution is 5.81. The molecule has 1 rings (SSSR count).